The summed E-state index contributed by atoms with van der Waals surface area (Å²) >= 11 is 6.23. The molecule has 2 fully saturated rings. The first-order valence-corrected chi connectivity index (χ1v) is 8.41. The summed E-state index contributed by atoms with van der Waals surface area (Å²) in [6.45, 7) is 6.99. The van der Waals surface area contributed by atoms with E-state index < -0.39 is 0 Å². The molecule has 1 aromatic heterocycles. The van der Waals surface area contributed by atoms with Crippen molar-refractivity contribution in [1.29, 1.82) is 0 Å². The molecule has 1 aliphatic carbocycles. The Morgan fingerprint density at radius 3 is 2.76 bits per heavy atom. The number of morpholine rings is 1. The molecular weight excluding hydrogens is 286 g/mol. The number of halogens is 1. The minimum absolute atomic E-state index is 0.0556. The van der Waals surface area contributed by atoms with Gasteiger partial charge in [-0.2, -0.15) is 0 Å². The number of aromatic nitrogens is 2. The van der Waals surface area contributed by atoms with E-state index in [2.05, 4.69) is 23.7 Å². The van der Waals surface area contributed by atoms with Gasteiger partial charge in [0.05, 0.1) is 6.61 Å². The third-order valence-corrected chi connectivity index (χ3v) is 4.82. The molecule has 1 aliphatic heterocycles. The highest BCUT2D eigenvalue weighted by atomic mass is 35.5. The highest BCUT2D eigenvalue weighted by molar-refractivity contribution is 6.29. The first-order chi connectivity index (χ1) is 10.1. The first-order valence-electron chi connectivity index (χ1n) is 8.03. The van der Waals surface area contributed by atoms with E-state index in [1.165, 1.54) is 25.7 Å². The van der Waals surface area contributed by atoms with Crippen molar-refractivity contribution >= 4 is 11.6 Å². The summed E-state index contributed by atoms with van der Waals surface area (Å²) < 4.78 is 5.89. The molecule has 2 heterocycles. The Labute approximate surface area is 131 Å². The molecular formula is C16H24ClN3O. The molecule has 0 bridgehead atoms. The lowest BCUT2D eigenvalue weighted by Gasteiger charge is -2.34. The number of hydrogen-bond donors (Lipinski definition) is 0. The van der Waals surface area contributed by atoms with Crippen LogP contribution in [0.4, 0.5) is 0 Å². The van der Waals surface area contributed by atoms with Crippen molar-refractivity contribution < 1.29 is 4.74 Å². The average Bonchev–Trinajstić information content (AvgIpc) is 3.01. The quantitative estimate of drug-likeness (QED) is 0.800. The van der Waals surface area contributed by atoms with E-state index in [1.54, 1.807) is 0 Å². The molecule has 21 heavy (non-hydrogen) atoms. The first kappa shape index (κ1) is 15.2. The van der Waals surface area contributed by atoms with Gasteiger partial charge in [-0.1, -0.05) is 24.4 Å². The minimum atomic E-state index is -0.0556. The predicted molar refractivity (Wildman–Crippen MR) is 83.7 cm³/mol. The van der Waals surface area contributed by atoms with Crippen LogP contribution in [0.15, 0.2) is 6.07 Å². The molecule has 3 rings (SSSR count). The maximum absolute atomic E-state index is 6.23. The van der Waals surface area contributed by atoms with Gasteiger partial charge in [0.25, 0.3) is 0 Å². The van der Waals surface area contributed by atoms with Crippen LogP contribution in [0.5, 0.6) is 0 Å². The minimum Gasteiger partial charge on any atom is -0.368 e. The van der Waals surface area contributed by atoms with Gasteiger partial charge in [0.15, 0.2) is 5.82 Å². The van der Waals surface area contributed by atoms with E-state index in [0.29, 0.717) is 17.1 Å². The van der Waals surface area contributed by atoms with Crippen LogP contribution >= 0.6 is 11.6 Å². The second-order valence-corrected chi connectivity index (χ2v) is 6.79. The lowest BCUT2D eigenvalue weighted by Crippen LogP contribution is -2.42. The average molecular weight is 310 g/mol. The second kappa shape index (κ2) is 6.59. The molecule has 5 heteroatoms. The number of ether oxygens (including phenoxy) is 1. The predicted octanol–water partition coefficient (Wildman–Crippen LogP) is 3.57. The Morgan fingerprint density at radius 2 is 2.05 bits per heavy atom. The molecule has 1 atom stereocenters. The van der Waals surface area contributed by atoms with Crippen LogP contribution in [0.25, 0.3) is 0 Å². The monoisotopic (exact) mass is 309 g/mol. The Balaban J connectivity index is 1.80. The summed E-state index contributed by atoms with van der Waals surface area (Å²) in [5.74, 6) is 1.31. The molecule has 0 aromatic carbocycles. The van der Waals surface area contributed by atoms with E-state index in [1.807, 2.05) is 6.07 Å². The number of hydrogen-bond acceptors (Lipinski definition) is 4. The molecule has 0 N–H and O–H groups in total. The molecule has 0 radical (unpaired) electrons. The Kier molecular flexibility index (Phi) is 4.77. The largest absolute Gasteiger partial charge is 0.368 e. The third kappa shape index (κ3) is 3.55. The lowest BCUT2D eigenvalue weighted by molar-refractivity contribution is -0.0443. The molecule has 0 amide bonds. The molecule has 1 aromatic rings. The van der Waals surface area contributed by atoms with Crippen LogP contribution in [0, 0.1) is 0 Å². The number of rotatable bonds is 3. The zero-order valence-electron chi connectivity index (χ0n) is 12.9. The van der Waals surface area contributed by atoms with Gasteiger partial charge in [-0.05, 0) is 32.8 Å². The molecule has 4 nitrogen and oxygen atoms in total. The molecule has 1 saturated heterocycles. The van der Waals surface area contributed by atoms with E-state index in [4.69, 9.17) is 21.3 Å². The van der Waals surface area contributed by atoms with Crippen molar-refractivity contribution in [2.75, 3.05) is 19.7 Å². The van der Waals surface area contributed by atoms with Crippen LogP contribution in [-0.2, 0) is 4.74 Å². The van der Waals surface area contributed by atoms with Gasteiger partial charge in [-0.3, -0.25) is 4.90 Å². The topological polar surface area (TPSA) is 38.2 Å². The summed E-state index contributed by atoms with van der Waals surface area (Å²) in [5.41, 5.74) is 1.10. The fourth-order valence-corrected chi connectivity index (χ4v) is 3.52. The van der Waals surface area contributed by atoms with Crippen LogP contribution < -0.4 is 0 Å². The van der Waals surface area contributed by atoms with Crippen LogP contribution in [0.1, 0.15) is 63.1 Å². The Hall–Kier alpha value is -0.710. The normalized spacial score (nSPS) is 24.9. The highest BCUT2D eigenvalue weighted by Gasteiger charge is 2.27. The lowest BCUT2D eigenvalue weighted by atomic mass is 10.0. The smallest absolute Gasteiger partial charge is 0.160 e. The van der Waals surface area contributed by atoms with Gasteiger partial charge in [0.1, 0.15) is 11.3 Å². The van der Waals surface area contributed by atoms with Crippen LogP contribution in [0.2, 0.25) is 5.15 Å². The zero-order valence-corrected chi connectivity index (χ0v) is 13.6. The SMILES string of the molecule is CC(C)N1CCOC(c2nc(Cl)cc(C3CCCC3)n2)C1. The van der Waals surface area contributed by atoms with Gasteiger partial charge in [-0.15, -0.1) is 0 Å². The summed E-state index contributed by atoms with van der Waals surface area (Å²) in [7, 11) is 0. The van der Waals surface area contributed by atoms with E-state index >= 15 is 0 Å². The van der Waals surface area contributed by atoms with Crippen molar-refractivity contribution in [3.05, 3.63) is 22.7 Å². The fraction of sp³-hybridized carbons (Fsp3) is 0.750. The fourth-order valence-electron chi connectivity index (χ4n) is 3.32. The Bertz CT molecular complexity index is 488. The molecule has 0 spiro atoms. The maximum atomic E-state index is 6.23. The Morgan fingerprint density at radius 1 is 1.29 bits per heavy atom. The summed E-state index contributed by atoms with van der Waals surface area (Å²) in [5, 5.41) is 0.548. The van der Waals surface area contributed by atoms with Crippen molar-refractivity contribution in [2.45, 2.75) is 57.6 Å². The van der Waals surface area contributed by atoms with Gasteiger partial charge in [-0.25, -0.2) is 9.97 Å². The maximum Gasteiger partial charge on any atom is 0.160 e. The molecule has 1 saturated carbocycles. The second-order valence-electron chi connectivity index (χ2n) is 6.40. The van der Waals surface area contributed by atoms with Gasteiger partial charge in [0, 0.05) is 30.7 Å². The summed E-state index contributed by atoms with van der Waals surface area (Å²) in [4.78, 5) is 11.6. The number of nitrogens with zero attached hydrogens (tertiary/aromatic N) is 3. The molecule has 2 aliphatic rings. The van der Waals surface area contributed by atoms with Crippen molar-refractivity contribution in [3.63, 3.8) is 0 Å². The van der Waals surface area contributed by atoms with Crippen molar-refractivity contribution in [2.24, 2.45) is 0 Å². The van der Waals surface area contributed by atoms with Crippen molar-refractivity contribution in [3.8, 4) is 0 Å². The van der Waals surface area contributed by atoms with Gasteiger partial charge < -0.3 is 4.74 Å². The van der Waals surface area contributed by atoms with Crippen LogP contribution in [-0.4, -0.2) is 40.6 Å². The summed E-state index contributed by atoms with van der Waals surface area (Å²) in [6.07, 6.45) is 4.97. The standard InChI is InChI=1S/C16H24ClN3O/c1-11(2)20-7-8-21-14(10-20)16-18-13(9-15(17)19-16)12-5-3-4-6-12/h9,11-12,14H,3-8,10H2,1-2H3. The van der Waals surface area contributed by atoms with Gasteiger partial charge in [0.2, 0.25) is 0 Å². The highest BCUT2D eigenvalue weighted by Crippen LogP contribution is 2.34. The van der Waals surface area contributed by atoms with Crippen molar-refractivity contribution in [1.82, 2.24) is 14.9 Å². The van der Waals surface area contributed by atoms with E-state index in [9.17, 15) is 0 Å². The zero-order chi connectivity index (χ0) is 14.8. The van der Waals surface area contributed by atoms with E-state index in [-0.39, 0.29) is 6.10 Å². The summed E-state index contributed by atoms with van der Waals surface area (Å²) in [6, 6.07) is 2.45. The molecule has 116 valence electrons. The molecule has 1 unspecified atom stereocenters. The van der Waals surface area contributed by atoms with Gasteiger partial charge >= 0.3 is 0 Å². The van der Waals surface area contributed by atoms with Crippen LogP contribution in [0.3, 0.4) is 0 Å². The third-order valence-electron chi connectivity index (χ3n) is 4.62. The van der Waals surface area contributed by atoms with E-state index in [0.717, 1.165) is 31.2 Å².